The highest BCUT2D eigenvalue weighted by Gasteiger charge is 2.43. The smallest absolute Gasteiger partial charge is 0.311 e. The Balaban J connectivity index is 1.88. The Kier molecular flexibility index (Phi) is 4.98. The van der Waals surface area contributed by atoms with Gasteiger partial charge in [0.2, 0.25) is 0 Å². The second-order valence-corrected chi connectivity index (χ2v) is 9.54. The number of nitrogens with two attached hydrogens (primary N) is 1. The molecule has 3 nitrogen and oxygen atoms in total. The van der Waals surface area contributed by atoms with Crippen LogP contribution in [-0.2, 0) is 16.6 Å². The molecule has 2 aliphatic rings. The highest BCUT2D eigenvalue weighted by atomic mass is 16.5. The maximum Gasteiger partial charge on any atom is 0.311 e. The Bertz CT molecular complexity index is 646. The van der Waals surface area contributed by atoms with Gasteiger partial charge in [0.1, 0.15) is 5.75 Å². The van der Waals surface area contributed by atoms with E-state index in [1.165, 1.54) is 36.8 Å². The van der Waals surface area contributed by atoms with Gasteiger partial charge in [-0.3, -0.25) is 4.79 Å². The lowest BCUT2D eigenvalue weighted by atomic mass is 9.60. The van der Waals surface area contributed by atoms with Gasteiger partial charge >= 0.3 is 5.97 Å². The van der Waals surface area contributed by atoms with Crippen LogP contribution in [0.25, 0.3) is 0 Å². The summed E-state index contributed by atoms with van der Waals surface area (Å²) < 4.78 is 5.65. The highest BCUT2D eigenvalue weighted by Crippen LogP contribution is 2.46. The van der Waals surface area contributed by atoms with Crippen molar-refractivity contribution >= 4 is 5.97 Å². The van der Waals surface area contributed by atoms with Gasteiger partial charge in [0.15, 0.2) is 0 Å². The van der Waals surface area contributed by atoms with Crippen LogP contribution in [-0.4, -0.2) is 12.0 Å². The predicted molar refractivity (Wildman–Crippen MR) is 102 cm³/mol. The molecule has 1 saturated carbocycles. The normalized spacial score (nSPS) is 29.3. The van der Waals surface area contributed by atoms with E-state index in [-0.39, 0.29) is 22.8 Å². The molecule has 1 fully saturated rings. The van der Waals surface area contributed by atoms with Crippen LogP contribution in [0.5, 0.6) is 5.75 Å². The summed E-state index contributed by atoms with van der Waals surface area (Å²) in [6.07, 6.45) is 7.66. The van der Waals surface area contributed by atoms with E-state index < -0.39 is 0 Å². The Morgan fingerprint density at radius 1 is 1.28 bits per heavy atom. The molecule has 3 rings (SSSR count). The van der Waals surface area contributed by atoms with E-state index in [0.717, 1.165) is 12.8 Å². The van der Waals surface area contributed by atoms with Gasteiger partial charge < -0.3 is 10.5 Å². The van der Waals surface area contributed by atoms with Crippen molar-refractivity contribution in [1.29, 1.82) is 0 Å². The number of carbonyl (C=O) groups is 1. The van der Waals surface area contributed by atoms with Crippen molar-refractivity contribution < 1.29 is 9.53 Å². The lowest BCUT2D eigenvalue weighted by Gasteiger charge is -2.47. The molecule has 0 spiro atoms. The fourth-order valence-electron chi connectivity index (χ4n) is 4.70. The summed E-state index contributed by atoms with van der Waals surface area (Å²) in [5.74, 6) is 1.09. The van der Waals surface area contributed by atoms with Gasteiger partial charge in [-0.25, -0.2) is 0 Å². The Labute approximate surface area is 152 Å². The molecule has 3 heteroatoms. The third-order valence-corrected chi connectivity index (χ3v) is 6.10. The second kappa shape index (κ2) is 6.75. The third kappa shape index (κ3) is 3.92. The first kappa shape index (κ1) is 18.4. The average molecular weight is 344 g/mol. The number of carbonyl (C=O) groups excluding carboxylic acids is 1. The number of hydrogen-bond acceptors (Lipinski definition) is 3. The van der Waals surface area contributed by atoms with Crippen LogP contribution in [0.4, 0.5) is 0 Å². The van der Waals surface area contributed by atoms with Gasteiger partial charge in [0.05, 0.1) is 6.42 Å². The molecule has 0 saturated heterocycles. The summed E-state index contributed by atoms with van der Waals surface area (Å²) in [7, 11) is 0. The number of hydrogen-bond donors (Lipinski definition) is 1. The van der Waals surface area contributed by atoms with Crippen LogP contribution < -0.4 is 10.5 Å². The van der Waals surface area contributed by atoms with Crippen LogP contribution in [0.3, 0.4) is 0 Å². The van der Waals surface area contributed by atoms with Crippen LogP contribution in [0, 0.1) is 11.3 Å². The number of ether oxygens (including phenoxy) is 1. The quantitative estimate of drug-likeness (QED) is 0.623. The summed E-state index contributed by atoms with van der Waals surface area (Å²) in [5, 5.41) is 0. The van der Waals surface area contributed by atoms with Crippen molar-refractivity contribution in [2.24, 2.45) is 17.1 Å². The monoisotopic (exact) mass is 343 g/mol. The Morgan fingerprint density at radius 3 is 2.76 bits per heavy atom. The van der Waals surface area contributed by atoms with Gasteiger partial charge in [-0.2, -0.15) is 0 Å². The van der Waals surface area contributed by atoms with E-state index in [1.807, 2.05) is 6.07 Å². The largest absolute Gasteiger partial charge is 0.427 e. The Morgan fingerprint density at radius 2 is 2.04 bits per heavy atom. The molecule has 25 heavy (non-hydrogen) atoms. The highest BCUT2D eigenvalue weighted by molar-refractivity contribution is 5.73. The minimum absolute atomic E-state index is 0.00881. The van der Waals surface area contributed by atoms with Gasteiger partial charge in [-0.05, 0) is 53.9 Å². The van der Waals surface area contributed by atoms with Crippen molar-refractivity contribution in [2.75, 3.05) is 0 Å². The van der Waals surface area contributed by atoms with Crippen LogP contribution >= 0.6 is 0 Å². The zero-order valence-electron chi connectivity index (χ0n) is 16.2. The second-order valence-electron chi connectivity index (χ2n) is 9.54. The summed E-state index contributed by atoms with van der Waals surface area (Å²) in [6, 6.07) is 6.40. The van der Waals surface area contributed by atoms with E-state index in [9.17, 15) is 4.79 Å². The van der Waals surface area contributed by atoms with Crippen molar-refractivity contribution in [3.63, 3.8) is 0 Å². The average Bonchev–Trinajstić information content (AvgIpc) is 2.50. The van der Waals surface area contributed by atoms with Crippen LogP contribution in [0.2, 0.25) is 0 Å². The molecule has 0 unspecified atom stereocenters. The first-order chi connectivity index (χ1) is 11.7. The van der Waals surface area contributed by atoms with E-state index in [4.69, 9.17) is 10.5 Å². The number of rotatable bonds is 2. The molecule has 1 aromatic carbocycles. The molecule has 2 aliphatic carbocycles. The molecule has 0 heterocycles. The fourth-order valence-corrected chi connectivity index (χ4v) is 4.70. The number of fused-ring (bicyclic) bond motifs is 4. The summed E-state index contributed by atoms with van der Waals surface area (Å²) >= 11 is 0. The number of esters is 1. The first-order valence-electron chi connectivity index (χ1n) is 9.79. The standard InChI is InChI=1S/C22H33NO2/c1-21(2,3)14-19(24)25-17-10-9-15-12-16-8-6-5-7-11-22(4,20(16)23)18(15)13-17/h9-10,13,16,20H,5-8,11-12,14,23H2,1-4H3/t16-,20-,22+/m0/s1. The van der Waals surface area contributed by atoms with Crippen molar-refractivity contribution in [2.45, 2.75) is 84.1 Å². The zero-order valence-corrected chi connectivity index (χ0v) is 16.2. The van der Waals surface area contributed by atoms with E-state index >= 15 is 0 Å². The van der Waals surface area contributed by atoms with Gasteiger partial charge in [0.25, 0.3) is 0 Å². The molecular weight excluding hydrogens is 310 g/mol. The minimum atomic E-state index is -0.159. The van der Waals surface area contributed by atoms with Crippen molar-refractivity contribution in [3.8, 4) is 5.75 Å². The van der Waals surface area contributed by atoms with Crippen LogP contribution in [0.15, 0.2) is 18.2 Å². The van der Waals surface area contributed by atoms with Crippen molar-refractivity contribution in [1.82, 2.24) is 0 Å². The third-order valence-electron chi connectivity index (χ3n) is 6.10. The molecule has 2 N–H and O–H groups in total. The van der Waals surface area contributed by atoms with Gasteiger partial charge in [-0.1, -0.05) is 53.0 Å². The molecule has 0 aliphatic heterocycles. The van der Waals surface area contributed by atoms with Crippen LogP contribution in [0.1, 0.15) is 77.3 Å². The van der Waals surface area contributed by atoms with Crippen molar-refractivity contribution in [3.05, 3.63) is 29.3 Å². The molecule has 1 aromatic rings. The van der Waals surface area contributed by atoms with E-state index in [2.05, 4.69) is 39.8 Å². The summed E-state index contributed by atoms with van der Waals surface area (Å²) in [6.45, 7) is 8.47. The molecule has 0 aromatic heterocycles. The van der Waals surface area contributed by atoms with Gasteiger partial charge in [0, 0.05) is 11.5 Å². The molecule has 3 atom stereocenters. The lowest BCUT2D eigenvalue weighted by Crippen LogP contribution is -2.52. The molecular formula is C22H33NO2. The molecule has 0 amide bonds. The summed E-state index contributed by atoms with van der Waals surface area (Å²) in [5.41, 5.74) is 9.36. The summed E-state index contributed by atoms with van der Waals surface area (Å²) in [4.78, 5) is 12.2. The maximum absolute atomic E-state index is 12.2. The first-order valence-corrected chi connectivity index (χ1v) is 9.79. The van der Waals surface area contributed by atoms with E-state index in [1.54, 1.807) is 0 Å². The Hall–Kier alpha value is -1.35. The fraction of sp³-hybridized carbons (Fsp3) is 0.682. The topological polar surface area (TPSA) is 52.3 Å². The predicted octanol–water partition coefficient (Wildman–Crippen LogP) is 4.75. The molecule has 138 valence electrons. The molecule has 0 radical (unpaired) electrons. The molecule has 2 bridgehead atoms. The SMILES string of the molecule is CC(C)(C)CC(=O)Oc1ccc2c(c1)[C@@]1(C)CCCCC[C@@H](C2)[C@@H]1N. The minimum Gasteiger partial charge on any atom is -0.427 e. The van der Waals surface area contributed by atoms with E-state index in [0.29, 0.717) is 18.1 Å². The maximum atomic E-state index is 12.2. The van der Waals surface area contributed by atoms with Gasteiger partial charge in [-0.15, -0.1) is 0 Å². The zero-order chi connectivity index (χ0) is 18.2. The number of benzene rings is 1. The lowest BCUT2D eigenvalue weighted by molar-refractivity contribution is -0.136.